The molecule has 3 amide bonds. The number of nitrogens with one attached hydrogen (secondary N) is 2. The van der Waals surface area contributed by atoms with Crippen LogP contribution in [-0.2, 0) is 14.3 Å². The number of carbonyl (C=O) groups is 3. The SMILES string of the molecule is CCC(C)C(NC(=O)OC(C)(C)C)C(=O)N(C)C(C(=O)Nc1c(C)cccc1C)c1cccc(C)c1. The summed E-state index contributed by atoms with van der Waals surface area (Å²) in [5.41, 5.74) is 3.56. The minimum Gasteiger partial charge on any atom is -0.444 e. The van der Waals surface area contributed by atoms with E-state index in [1.807, 2.05) is 77.1 Å². The monoisotopic (exact) mass is 495 g/mol. The number of hydrogen-bond acceptors (Lipinski definition) is 4. The molecule has 7 heteroatoms. The van der Waals surface area contributed by atoms with E-state index in [0.29, 0.717) is 12.0 Å². The number of ether oxygens (including phenoxy) is 1. The van der Waals surface area contributed by atoms with E-state index in [9.17, 15) is 14.4 Å². The fraction of sp³-hybridized carbons (Fsp3) is 0.483. The van der Waals surface area contributed by atoms with Crippen molar-refractivity contribution in [2.75, 3.05) is 12.4 Å². The zero-order valence-corrected chi connectivity index (χ0v) is 23.1. The second-order valence-electron chi connectivity index (χ2n) is 10.5. The average Bonchev–Trinajstić information content (AvgIpc) is 2.78. The van der Waals surface area contributed by atoms with Gasteiger partial charge in [0.05, 0.1) is 0 Å². The van der Waals surface area contributed by atoms with Crippen LogP contribution in [0.4, 0.5) is 10.5 Å². The third-order valence-corrected chi connectivity index (χ3v) is 6.22. The third kappa shape index (κ3) is 7.57. The lowest BCUT2D eigenvalue weighted by Gasteiger charge is -2.33. The van der Waals surface area contributed by atoms with E-state index in [4.69, 9.17) is 4.74 Å². The highest BCUT2D eigenvalue weighted by molar-refractivity contribution is 5.99. The summed E-state index contributed by atoms with van der Waals surface area (Å²) in [6, 6.07) is 11.6. The van der Waals surface area contributed by atoms with Gasteiger partial charge in [-0.25, -0.2) is 4.79 Å². The Balaban J connectivity index is 2.45. The molecule has 0 fully saturated rings. The fourth-order valence-corrected chi connectivity index (χ4v) is 4.06. The molecule has 2 rings (SSSR count). The van der Waals surface area contributed by atoms with Crippen LogP contribution in [0.3, 0.4) is 0 Å². The molecule has 7 nitrogen and oxygen atoms in total. The van der Waals surface area contributed by atoms with E-state index < -0.39 is 23.8 Å². The summed E-state index contributed by atoms with van der Waals surface area (Å²) in [6.45, 7) is 15.0. The summed E-state index contributed by atoms with van der Waals surface area (Å²) < 4.78 is 5.41. The quantitative estimate of drug-likeness (QED) is 0.492. The Hall–Kier alpha value is -3.35. The Morgan fingerprint density at radius 3 is 2.11 bits per heavy atom. The minimum absolute atomic E-state index is 0.174. The zero-order valence-electron chi connectivity index (χ0n) is 23.1. The number of para-hydroxylation sites is 1. The second kappa shape index (κ2) is 12.1. The summed E-state index contributed by atoms with van der Waals surface area (Å²) in [7, 11) is 1.60. The van der Waals surface area contributed by atoms with Gasteiger partial charge in [0.25, 0.3) is 5.91 Å². The van der Waals surface area contributed by atoms with Crippen molar-refractivity contribution in [1.82, 2.24) is 10.2 Å². The molecular formula is C29H41N3O4. The number of aryl methyl sites for hydroxylation is 3. The van der Waals surface area contributed by atoms with Crippen LogP contribution in [0.1, 0.15) is 69.3 Å². The Morgan fingerprint density at radius 1 is 1.00 bits per heavy atom. The number of amides is 3. The molecule has 3 unspecified atom stereocenters. The van der Waals surface area contributed by atoms with E-state index >= 15 is 0 Å². The highest BCUT2D eigenvalue weighted by Crippen LogP contribution is 2.27. The van der Waals surface area contributed by atoms with Gasteiger partial charge < -0.3 is 20.3 Å². The van der Waals surface area contributed by atoms with Gasteiger partial charge in [0, 0.05) is 12.7 Å². The van der Waals surface area contributed by atoms with Gasteiger partial charge in [-0.05, 0) is 64.2 Å². The van der Waals surface area contributed by atoms with Gasteiger partial charge in [-0.15, -0.1) is 0 Å². The van der Waals surface area contributed by atoms with Crippen LogP contribution in [0.25, 0.3) is 0 Å². The molecule has 0 aliphatic heterocycles. The van der Waals surface area contributed by atoms with Crippen LogP contribution in [-0.4, -0.2) is 41.5 Å². The lowest BCUT2D eigenvalue weighted by atomic mass is 9.95. The first-order valence-electron chi connectivity index (χ1n) is 12.4. The maximum absolute atomic E-state index is 13.8. The Kier molecular flexibility index (Phi) is 9.68. The Labute approximate surface area is 215 Å². The number of nitrogens with zero attached hydrogens (tertiary/aromatic N) is 1. The lowest BCUT2D eigenvalue weighted by Crippen LogP contribution is -2.53. The van der Waals surface area contributed by atoms with Gasteiger partial charge in [-0.3, -0.25) is 9.59 Å². The highest BCUT2D eigenvalue weighted by atomic mass is 16.6. The van der Waals surface area contributed by atoms with Crippen molar-refractivity contribution in [3.63, 3.8) is 0 Å². The van der Waals surface area contributed by atoms with Crippen LogP contribution >= 0.6 is 0 Å². The standard InChI is InChI=1S/C29H41N3O4/c1-10-19(3)24(31-28(35)36-29(6,7)8)27(34)32(9)25(22-16-11-13-18(2)17-22)26(33)30-23-20(4)14-12-15-21(23)5/h11-17,19,24-25H,10H2,1-9H3,(H,30,33)(H,31,35). The number of hydrogen-bond donors (Lipinski definition) is 2. The first-order chi connectivity index (χ1) is 16.7. The Morgan fingerprint density at radius 2 is 1.58 bits per heavy atom. The smallest absolute Gasteiger partial charge is 0.408 e. The van der Waals surface area contributed by atoms with Crippen molar-refractivity contribution < 1.29 is 19.1 Å². The molecular weight excluding hydrogens is 454 g/mol. The van der Waals surface area contributed by atoms with Crippen LogP contribution in [0, 0.1) is 26.7 Å². The largest absolute Gasteiger partial charge is 0.444 e. The number of anilines is 1. The van der Waals surface area contributed by atoms with Crippen LogP contribution in [0.2, 0.25) is 0 Å². The van der Waals surface area contributed by atoms with Gasteiger partial charge in [-0.2, -0.15) is 0 Å². The zero-order chi connectivity index (χ0) is 27.2. The van der Waals surface area contributed by atoms with Gasteiger partial charge in [0.15, 0.2) is 0 Å². The molecule has 0 saturated carbocycles. The van der Waals surface area contributed by atoms with Gasteiger partial charge in [0.1, 0.15) is 17.7 Å². The molecule has 0 aromatic heterocycles. The number of alkyl carbamates (subject to hydrolysis) is 1. The molecule has 2 N–H and O–H groups in total. The van der Waals surface area contributed by atoms with E-state index in [1.165, 1.54) is 4.90 Å². The predicted molar refractivity (Wildman–Crippen MR) is 144 cm³/mol. The first-order valence-corrected chi connectivity index (χ1v) is 12.4. The fourth-order valence-electron chi connectivity index (χ4n) is 4.06. The molecule has 2 aromatic carbocycles. The van der Waals surface area contributed by atoms with Crippen molar-refractivity contribution in [3.8, 4) is 0 Å². The van der Waals surface area contributed by atoms with Crippen LogP contribution < -0.4 is 10.6 Å². The van der Waals surface area contributed by atoms with Crippen LogP contribution in [0.5, 0.6) is 0 Å². The van der Waals surface area contributed by atoms with Crippen molar-refractivity contribution in [3.05, 3.63) is 64.7 Å². The molecule has 0 spiro atoms. The second-order valence-corrected chi connectivity index (χ2v) is 10.5. The van der Waals surface area contributed by atoms with Crippen molar-refractivity contribution in [1.29, 1.82) is 0 Å². The molecule has 0 radical (unpaired) electrons. The van der Waals surface area contributed by atoms with Crippen LogP contribution in [0.15, 0.2) is 42.5 Å². The number of carbonyl (C=O) groups excluding carboxylic acids is 3. The predicted octanol–water partition coefficient (Wildman–Crippen LogP) is 5.69. The summed E-state index contributed by atoms with van der Waals surface area (Å²) in [4.78, 5) is 41.5. The molecule has 3 atom stereocenters. The van der Waals surface area contributed by atoms with Crippen molar-refractivity contribution in [2.24, 2.45) is 5.92 Å². The Bertz CT molecular complexity index is 1070. The molecule has 0 bridgehead atoms. The molecule has 0 heterocycles. The summed E-state index contributed by atoms with van der Waals surface area (Å²) in [6.07, 6.45) is -0.00864. The summed E-state index contributed by atoms with van der Waals surface area (Å²) >= 11 is 0. The van der Waals surface area contributed by atoms with Crippen molar-refractivity contribution in [2.45, 2.75) is 79.5 Å². The average molecular weight is 496 g/mol. The van der Waals surface area contributed by atoms with Crippen molar-refractivity contribution >= 4 is 23.6 Å². The van der Waals surface area contributed by atoms with Gasteiger partial charge in [-0.1, -0.05) is 68.3 Å². The summed E-state index contributed by atoms with van der Waals surface area (Å²) in [5.74, 6) is -0.861. The van der Waals surface area contributed by atoms with Gasteiger partial charge >= 0.3 is 6.09 Å². The normalized spacial score (nSPS) is 13.8. The third-order valence-electron chi connectivity index (χ3n) is 6.22. The topological polar surface area (TPSA) is 87.7 Å². The molecule has 0 aliphatic rings. The molecule has 0 saturated heterocycles. The maximum Gasteiger partial charge on any atom is 0.408 e. The molecule has 36 heavy (non-hydrogen) atoms. The van der Waals surface area contributed by atoms with E-state index in [-0.39, 0.29) is 17.7 Å². The summed E-state index contributed by atoms with van der Waals surface area (Å²) in [5, 5.41) is 5.79. The van der Waals surface area contributed by atoms with Gasteiger partial charge in [0.2, 0.25) is 5.91 Å². The first kappa shape index (κ1) is 28.9. The number of rotatable bonds is 8. The maximum atomic E-state index is 13.8. The minimum atomic E-state index is -0.900. The lowest BCUT2D eigenvalue weighted by molar-refractivity contribution is -0.140. The molecule has 196 valence electrons. The highest BCUT2D eigenvalue weighted by Gasteiger charge is 2.36. The molecule has 2 aromatic rings. The van der Waals surface area contributed by atoms with E-state index in [1.54, 1.807) is 27.8 Å². The van der Waals surface area contributed by atoms with E-state index in [0.717, 1.165) is 22.4 Å². The number of likely N-dealkylation sites (N-methyl/N-ethyl adjacent to an activating group) is 1. The van der Waals surface area contributed by atoms with E-state index in [2.05, 4.69) is 10.6 Å². The number of benzene rings is 2. The molecule has 0 aliphatic carbocycles.